The van der Waals surface area contributed by atoms with E-state index < -0.39 is 0 Å². The number of rotatable bonds is 4. The molecule has 0 amide bonds. The zero-order valence-corrected chi connectivity index (χ0v) is 14.9. The SMILES string of the molecule is O=c1ccc(-c2ccncc2)nn1C1CCC(NC2CCCC2O)CC1. The minimum atomic E-state index is -0.200. The van der Waals surface area contributed by atoms with Gasteiger partial charge in [0.05, 0.1) is 17.8 Å². The first-order chi connectivity index (χ1) is 12.7. The van der Waals surface area contributed by atoms with Gasteiger partial charge in [-0.1, -0.05) is 0 Å². The predicted molar refractivity (Wildman–Crippen MR) is 99.8 cm³/mol. The third kappa shape index (κ3) is 3.71. The summed E-state index contributed by atoms with van der Waals surface area (Å²) in [6.07, 6.45) is 10.3. The lowest BCUT2D eigenvalue weighted by atomic mass is 9.90. The summed E-state index contributed by atoms with van der Waals surface area (Å²) in [5.41, 5.74) is 1.74. The molecule has 2 N–H and O–H groups in total. The molecule has 2 aliphatic carbocycles. The van der Waals surface area contributed by atoms with Gasteiger partial charge in [-0.05, 0) is 63.1 Å². The number of hydrogen-bond donors (Lipinski definition) is 2. The summed E-state index contributed by atoms with van der Waals surface area (Å²) in [6.45, 7) is 0. The van der Waals surface area contributed by atoms with Crippen LogP contribution in [0.5, 0.6) is 0 Å². The van der Waals surface area contributed by atoms with E-state index in [0.717, 1.165) is 56.2 Å². The number of aromatic nitrogens is 3. The molecule has 0 bridgehead atoms. The maximum Gasteiger partial charge on any atom is 0.267 e. The van der Waals surface area contributed by atoms with Crippen molar-refractivity contribution in [2.75, 3.05) is 0 Å². The van der Waals surface area contributed by atoms with Gasteiger partial charge in [0.1, 0.15) is 0 Å². The van der Waals surface area contributed by atoms with Crippen molar-refractivity contribution in [1.82, 2.24) is 20.1 Å². The van der Waals surface area contributed by atoms with E-state index in [4.69, 9.17) is 0 Å². The Morgan fingerprint density at radius 3 is 2.46 bits per heavy atom. The second-order valence-electron chi connectivity index (χ2n) is 7.51. The molecule has 6 heteroatoms. The van der Waals surface area contributed by atoms with Crippen LogP contribution >= 0.6 is 0 Å². The van der Waals surface area contributed by atoms with Crippen molar-refractivity contribution in [3.05, 3.63) is 47.0 Å². The Balaban J connectivity index is 1.43. The number of aliphatic hydroxyl groups is 1. The summed E-state index contributed by atoms with van der Waals surface area (Å²) in [5.74, 6) is 0. The highest BCUT2D eigenvalue weighted by atomic mass is 16.3. The van der Waals surface area contributed by atoms with Crippen LogP contribution < -0.4 is 10.9 Å². The Labute approximate surface area is 153 Å². The molecule has 2 fully saturated rings. The molecule has 0 radical (unpaired) electrons. The van der Waals surface area contributed by atoms with Crippen molar-refractivity contribution in [2.24, 2.45) is 0 Å². The van der Waals surface area contributed by atoms with E-state index in [9.17, 15) is 9.90 Å². The molecule has 26 heavy (non-hydrogen) atoms. The smallest absolute Gasteiger partial charge is 0.267 e. The average molecular weight is 354 g/mol. The molecular weight excluding hydrogens is 328 g/mol. The van der Waals surface area contributed by atoms with E-state index in [1.165, 1.54) is 0 Å². The van der Waals surface area contributed by atoms with Gasteiger partial charge < -0.3 is 10.4 Å². The minimum Gasteiger partial charge on any atom is -0.392 e. The Kier molecular flexibility index (Phi) is 5.13. The molecule has 2 heterocycles. The summed E-state index contributed by atoms with van der Waals surface area (Å²) in [4.78, 5) is 16.4. The van der Waals surface area contributed by atoms with Gasteiger partial charge >= 0.3 is 0 Å². The fourth-order valence-electron chi connectivity index (χ4n) is 4.29. The van der Waals surface area contributed by atoms with E-state index in [2.05, 4.69) is 15.4 Å². The molecule has 0 spiro atoms. The van der Waals surface area contributed by atoms with Crippen LogP contribution in [0.15, 0.2) is 41.5 Å². The molecule has 138 valence electrons. The third-order valence-electron chi connectivity index (χ3n) is 5.77. The van der Waals surface area contributed by atoms with Crippen molar-refractivity contribution in [2.45, 2.75) is 69.2 Å². The molecule has 2 saturated carbocycles. The van der Waals surface area contributed by atoms with Crippen molar-refractivity contribution in [3.63, 3.8) is 0 Å². The lowest BCUT2D eigenvalue weighted by molar-refractivity contribution is 0.134. The van der Waals surface area contributed by atoms with Crippen LogP contribution in [0.4, 0.5) is 0 Å². The van der Waals surface area contributed by atoms with E-state index in [1.54, 1.807) is 29.2 Å². The van der Waals surface area contributed by atoms with Crippen LogP contribution in [0.25, 0.3) is 11.3 Å². The molecule has 4 rings (SSSR count). The molecule has 0 saturated heterocycles. The fourth-order valence-corrected chi connectivity index (χ4v) is 4.29. The number of aliphatic hydroxyl groups excluding tert-OH is 1. The van der Waals surface area contributed by atoms with Gasteiger partial charge in [-0.15, -0.1) is 0 Å². The maximum atomic E-state index is 12.3. The second kappa shape index (κ2) is 7.68. The van der Waals surface area contributed by atoms with E-state index >= 15 is 0 Å². The molecular formula is C20H26N4O2. The lowest BCUT2D eigenvalue weighted by Crippen LogP contribution is -2.44. The molecule has 2 aromatic rings. The van der Waals surface area contributed by atoms with Crippen molar-refractivity contribution < 1.29 is 5.11 Å². The molecule has 2 unspecified atom stereocenters. The molecule has 6 nitrogen and oxygen atoms in total. The first kappa shape index (κ1) is 17.4. The van der Waals surface area contributed by atoms with Crippen LogP contribution in [0.3, 0.4) is 0 Å². The summed E-state index contributed by atoms with van der Waals surface area (Å²) >= 11 is 0. The Morgan fingerprint density at radius 2 is 1.77 bits per heavy atom. The van der Waals surface area contributed by atoms with Crippen LogP contribution in [-0.4, -0.2) is 38.1 Å². The van der Waals surface area contributed by atoms with Gasteiger partial charge in [0.15, 0.2) is 0 Å². The Bertz CT molecular complexity index is 784. The first-order valence-corrected chi connectivity index (χ1v) is 9.65. The van der Waals surface area contributed by atoms with Gasteiger partial charge in [-0.2, -0.15) is 5.10 Å². The molecule has 0 aromatic carbocycles. The highest BCUT2D eigenvalue weighted by Crippen LogP contribution is 2.29. The van der Waals surface area contributed by atoms with Gasteiger partial charge in [0.25, 0.3) is 5.56 Å². The quantitative estimate of drug-likeness (QED) is 0.881. The molecule has 0 aliphatic heterocycles. The molecule has 2 atom stereocenters. The van der Waals surface area contributed by atoms with Crippen LogP contribution in [0, 0.1) is 0 Å². The molecule has 2 aromatic heterocycles. The number of nitrogens with zero attached hydrogens (tertiary/aromatic N) is 3. The third-order valence-corrected chi connectivity index (χ3v) is 5.77. The van der Waals surface area contributed by atoms with E-state index in [-0.39, 0.29) is 23.7 Å². The zero-order chi connectivity index (χ0) is 17.9. The fraction of sp³-hybridized carbons (Fsp3) is 0.550. The highest BCUT2D eigenvalue weighted by Gasteiger charge is 2.30. The van der Waals surface area contributed by atoms with Gasteiger partial charge in [-0.3, -0.25) is 9.78 Å². The first-order valence-electron chi connectivity index (χ1n) is 9.65. The number of nitrogens with one attached hydrogen (secondary N) is 1. The topological polar surface area (TPSA) is 80.0 Å². The lowest BCUT2D eigenvalue weighted by Gasteiger charge is -2.32. The van der Waals surface area contributed by atoms with Crippen molar-refractivity contribution >= 4 is 0 Å². The zero-order valence-electron chi connectivity index (χ0n) is 14.9. The predicted octanol–water partition coefficient (Wildman–Crippen LogP) is 2.29. The molecule has 2 aliphatic rings. The van der Waals surface area contributed by atoms with E-state index in [0.29, 0.717) is 6.04 Å². The number of hydrogen-bond acceptors (Lipinski definition) is 5. The normalized spacial score (nSPS) is 29.0. The van der Waals surface area contributed by atoms with Crippen LogP contribution in [0.2, 0.25) is 0 Å². The average Bonchev–Trinajstić information content (AvgIpc) is 3.08. The van der Waals surface area contributed by atoms with Crippen LogP contribution in [-0.2, 0) is 0 Å². The Morgan fingerprint density at radius 1 is 1.00 bits per heavy atom. The monoisotopic (exact) mass is 354 g/mol. The van der Waals surface area contributed by atoms with Gasteiger partial charge in [0.2, 0.25) is 0 Å². The largest absolute Gasteiger partial charge is 0.392 e. The number of pyridine rings is 1. The Hall–Kier alpha value is -2.05. The summed E-state index contributed by atoms with van der Waals surface area (Å²) in [7, 11) is 0. The van der Waals surface area contributed by atoms with Crippen LogP contribution in [0.1, 0.15) is 51.0 Å². The van der Waals surface area contributed by atoms with Crippen molar-refractivity contribution in [3.8, 4) is 11.3 Å². The van der Waals surface area contributed by atoms with Gasteiger partial charge in [0, 0.05) is 36.1 Å². The second-order valence-corrected chi connectivity index (χ2v) is 7.51. The van der Waals surface area contributed by atoms with Crippen molar-refractivity contribution in [1.29, 1.82) is 0 Å². The minimum absolute atomic E-state index is 0.0366. The van der Waals surface area contributed by atoms with E-state index in [1.807, 2.05) is 12.1 Å². The maximum absolute atomic E-state index is 12.3. The summed E-state index contributed by atoms with van der Waals surface area (Å²) in [6, 6.07) is 8.03. The standard InChI is InChI=1S/C20H26N4O2/c25-19-3-1-2-18(19)22-15-4-6-16(7-5-15)24-20(26)9-8-17(23-24)14-10-12-21-13-11-14/h8-13,15-16,18-19,22,25H,1-7H2. The summed E-state index contributed by atoms with van der Waals surface area (Å²) in [5, 5.41) is 18.3. The highest BCUT2D eigenvalue weighted by molar-refractivity contribution is 5.57. The van der Waals surface area contributed by atoms with Gasteiger partial charge in [-0.25, -0.2) is 4.68 Å². The summed E-state index contributed by atoms with van der Waals surface area (Å²) < 4.78 is 1.66.